The number of benzene rings is 1. The molecule has 0 aliphatic heterocycles. The van der Waals surface area contributed by atoms with Crippen molar-refractivity contribution in [3.8, 4) is 0 Å². The van der Waals surface area contributed by atoms with Crippen molar-refractivity contribution in [1.82, 2.24) is 15.3 Å². The van der Waals surface area contributed by atoms with Crippen molar-refractivity contribution in [2.75, 3.05) is 0 Å². The molecule has 4 rings (SSSR count). The smallest absolute Gasteiger partial charge is 0.251 e. The van der Waals surface area contributed by atoms with E-state index in [0.717, 1.165) is 41.6 Å². The number of carbonyl (C=O) groups excluding carboxylic acids is 1. The Morgan fingerprint density at radius 1 is 1.38 bits per heavy atom. The number of carbonyl (C=O) groups is 1. The predicted octanol–water partition coefficient (Wildman–Crippen LogP) is 2.96. The minimum atomic E-state index is -0.0643. The van der Waals surface area contributed by atoms with Gasteiger partial charge in [-0.2, -0.15) is 0 Å². The van der Waals surface area contributed by atoms with E-state index in [1.54, 1.807) is 18.7 Å². The number of nitrogens with one attached hydrogen (secondary N) is 2. The van der Waals surface area contributed by atoms with Crippen molar-refractivity contribution < 1.29 is 9.21 Å². The summed E-state index contributed by atoms with van der Waals surface area (Å²) in [6, 6.07) is 7.48. The summed E-state index contributed by atoms with van der Waals surface area (Å²) < 4.78 is 5.46. The number of aryl methyl sites for hydroxylation is 1. The van der Waals surface area contributed by atoms with Crippen LogP contribution in [0, 0.1) is 0 Å². The molecule has 2 aromatic heterocycles. The molecule has 1 atom stereocenters. The maximum atomic E-state index is 12.4. The van der Waals surface area contributed by atoms with E-state index in [4.69, 9.17) is 4.42 Å². The largest absolute Gasteiger partial charge is 0.469 e. The van der Waals surface area contributed by atoms with Gasteiger partial charge >= 0.3 is 0 Å². The summed E-state index contributed by atoms with van der Waals surface area (Å²) in [4.78, 5) is 19.6. The van der Waals surface area contributed by atoms with E-state index in [9.17, 15) is 4.79 Å². The predicted molar refractivity (Wildman–Crippen MR) is 77.9 cm³/mol. The van der Waals surface area contributed by atoms with Crippen LogP contribution in [-0.2, 0) is 6.42 Å². The maximum Gasteiger partial charge on any atom is 0.251 e. The molecular weight excluding hydrogens is 266 g/mol. The number of aromatic nitrogens is 2. The molecule has 1 aliphatic rings. The Hall–Kier alpha value is -2.56. The molecule has 1 unspecified atom stereocenters. The molecule has 0 saturated heterocycles. The monoisotopic (exact) mass is 281 g/mol. The van der Waals surface area contributed by atoms with E-state index >= 15 is 0 Å². The van der Waals surface area contributed by atoms with Gasteiger partial charge in [0.2, 0.25) is 0 Å². The van der Waals surface area contributed by atoms with E-state index in [1.807, 2.05) is 18.2 Å². The second kappa shape index (κ2) is 4.77. The third-order valence-corrected chi connectivity index (χ3v) is 4.04. The number of furan rings is 1. The highest BCUT2D eigenvalue weighted by atomic mass is 16.3. The number of hydrogen-bond donors (Lipinski definition) is 2. The molecule has 3 aromatic rings. The summed E-state index contributed by atoms with van der Waals surface area (Å²) in [5, 5.41) is 3.10. The van der Waals surface area contributed by atoms with Gasteiger partial charge in [-0.15, -0.1) is 0 Å². The molecular formula is C16H15N3O2. The minimum Gasteiger partial charge on any atom is -0.469 e. The maximum absolute atomic E-state index is 12.4. The average Bonchev–Trinajstić information content (AvgIpc) is 3.15. The Morgan fingerprint density at radius 2 is 2.33 bits per heavy atom. The van der Waals surface area contributed by atoms with Crippen molar-refractivity contribution in [3.05, 3.63) is 53.7 Å². The lowest BCUT2D eigenvalue weighted by molar-refractivity contribution is 0.0932. The second-order valence-corrected chi connectivity index (χ2v) is 5.35. The normalized spacial score (nSPS) is 17.6. The van der Waals surface area contributed by atoms with E-state index in [1.165, 1.54) is 0 Å². The van der Waals surface area contributed by atoms with Gasteiger partial charge in [0.05, 0.1) is 29.7 Å². The van der Waals surface area contributed by atoms with Gasteiger partial charge in [-0.3, -0.25) is 4.79 Å². The second-order valence-electron chi connectivity index (χ2n) is 5.35. The summed E-state index contributed by atoms with van der Waals surface area (Å²) in [5.74, 6) is 0.932. The molecule has 0 bridgehead atoms. The van der Waals surface area contributed by atoms with Gasteiger partial charge < -0.3 is 14.7 Å². The van der Waals surface area contributed by atoms with E-state index < -0.39 is 0 Å². The molecule has 1 amide bonds. The number of imidazole rings is 1. The third-order valence-electron chi connectivity index (χ3n) is 4.04. The molecule has 0 fully saturated rings. The number of rotatable bonds is 2. The van der Waals surface area contributed by atoms with Crippen LogP contribution in [0.3, 0.4) is 0 Å². The van der Waals surface area contributed by atoms with Gasteiger partial charge in [-0.05, 0) is 37.1 Å². The lowest BCUT2D eigenvalue weighted by Crippen LogP contribution is -2.30. The number of nitrogens with zero attached hydrogens (tertiary/aromatic N) is 1. The first-order valence-corrected chi connectivity index (χ1v) is 7.11. The summed E-state index contributed by atoms with van der Waals surface area (Å²) in [6.45, 7) is 0. The SMILES string of the molecule is O=C(NC1CCCc2occc21)c1ccc2nc[nH]c2c1. The quantitative estimate of drug-likeness (QED) is 0.758. The Bertz CT molecular complexity index is 803. The van der Waals surface area contributed by atoms with Gasteiger partial charge in [0.1, 0.15) is 5.76 Å². The molecule has 5 nitrogen and oxygen atoms in total. The van der Waals surface area contributed by atoms with Crippen LogP contribution in [-0.4, -0.2) is 15.9 Å². The first-order valence-electron chi connectivity index (χ1n) is 7.11. The highest BCUT2D eigenvalue weighted by Gasteiger charge is 2.24. The zero-order valence-electron chi connectivity index (χ0n) is 11.4. The van der Waals surface area contributed by atoms with Crippen molar-refractivity contribution in [1.29, 1.82) is 0 Å². The summed E-state index contributed by atoms with van der Waals surface area (Å²) >= 11 is 0. The van der Waals surface area contributed by atoms with Crippen LogP contribution in [0.15, 0.2) is 41.3 Å². The van der Waals surface area contributed by atoms with Crippen LogP contribution in [0.5, 0.6) is 0 Å². The van der Waals surface area contributed by atoms with Crippen LogP contribution in [0.25, 0.3) is 11.0 Å². The van der Waals surface area contributed by atoms with Gasteiger partial charge in [-0.1, -0.05) is 0 Å². The fraction of sp³-hybridized carbons (Fsp3) is 0.250. The van der Waals surface area contributed by atoms with Crippen molar-refractivity contribution in [2.45, 2.75) is 25.3 Å². The van der Waals surface area contributed by atoms with E-state index in [-0.39, 0.29) is 11.9 Å². The van der Waals surface area contributed by atoms with Crippen LogP contribution in [0.2, 0.25) is 0 Å². The minimum absolute atomic E-state index is 0.0393. The molecule has 0 radical (unpaired) electrons. The fourth-order valence-corrected chi connectivity index (χ4v) is 2.95. The fourth-order valence-electron chi connectivity index (χ4n) is 2.95. The zero-order chi connectivity index (χ0) is 14.2. The average molecular weight is 281 g/mol. The Labute approximate surface area is 121 Å². The standard InChI is InChI=1S/C16H15N3O2/c20-16(10-4-5-13-14(8-10)18-9-17-13)19-12-2-1-3-15-11(12)6-7-21-15/h4-9,12H,1-3H2,(H,17,18)(H,19,20). The van der Waals surface area contributed by atoms with E-state index in [0.29, 0.717) is 5.56 Å². The molecule has 0 spiro atoms. The number of hydrogen-bond acceptors (Lipinski definition) is 3. The van der Waals surface area contributed by atoms with Gasteiger partial charge in [0.15, 0.2) is 0 Å². The first-order chi connectivity index (χ1) is 10.3. The first kappa shape index (κ1) is 12.2. The highest BCUT2D eigenvalue weighted by Crippen LogP contribution is 2.30. The number of fused-ring (bicyclic) bond motifs is 2. The highest BCUT2D eigenvalue weighted by molar-refractivity contribution is 5.97. The van der Waals surface area contributed by atoms with Crippen LogP contribution >= 0.6 is 0 Å². The molecule has 106 valence electrons. The number of H-pyrrole nitrogens is 1. The summed E-state index contributed by atoms with van der Waals surface area (Å²) in [7, 11) is 0. The number of aromatic amines is 1. The van der Waals surface area contributed by atoms with Crippen LogP contribution in [0.1, 0.15) is 40.6 Å². The van der Waals surface area contributed by atoms with E-state index in [2.05, 4.69) is 15.3 Å². The number of amides is 1. The summed E-state index contributed by atoms with van der Waals surface area (Å²) in [6.07, 6.45) is 6.27. The summed E-state index contributed by atoms with van der Waals surface area (Å²) in [5.41, 5.74) is 3.48. The Kier molecular flexibility index (Phi) is 2.77. The van der Waals surface area contributed by atoms with Gasteiger partial charge in [0, 0.05) is 17.5 Å². The molecule has 21 heavy (non-hydrogen) atoms. The third kappa shape index (κ3) is 2.11. The molecule has 0 saturated carbocycles. The van der Waals surface area contributed by atoms with Crippen molar-refractivity contribution in [2.24, 2.45) is 0 Å². The van der Waals surface area contributed by atoms with Gasteiger partial charge in [0.25, 0.3) is 5.91 Å². The molecule has 5 heteroatoms. The Morgan fingerprint density at radius 3 is 3.29 bits per heavy atom. The topological polar surface area (TPSA) is 70.9 Å². The van der Waals surface area contributed by atoms with Crippen molar-refractivity contribution in [3.63, 3.8) is 0 Å². The zero-order valence-corrected chi connectivity index (χ0v) is 11.4. The molecule has 1 aliphatic carbocycles. The molecule has 2 N–H and O–H groups in total. The Balaban J connectivity index is 1.59. The van der Waals surface area contributed by atoms with Gasteiger partial charge in [-0.25, -0.2) is 4.98 Å². The molecule has 1 aromatic carbocycles. The molecule has 2 heterocycles. The van der Waals surface area contributed by atoms with Crippen molar-refractivity contribution >= 4 is 16.9 Å². The van der Waals surface area contributed by atoms with Crippen LogP contribution in [0.4, 0.5) is 0 Å². The lowest BCUT2D eigenvalue weighted by Gasteiger charge is -2.22. The van der Waals surface area contributed by atoms with Crippen LogP contribution < -0.4 is 5.32 Å². The lowest BCUT2D eigenvalue weighted by atomic mass is 9.93.